The first-order chi connectivity index (χ1) is 9.84. The number of rotatable bonds is 3. The normalized spacial score (nSPS) is 23.1. The molecular weight excluding hydrogens is 256 g/mol. The van der Waals surface area contributed by atoms with E-state index in [0.29, 0.717) is 13.2 Å². The number of ether oxygens (including phenoxy) is 1. The zero-order valence-electron chi connectivity index (χ0n) is 11.5. The summed E-state index contributed by atoms with van der Waals surface area (Å²) in [5.41, 5.74) is 4.72. The van der Waals surface area contributed by atoms with Crippen LogP contribution in [0.15, 0.2) is 18.3 Å². The van der Waals surface area contributed by atoms with Gasteiger partial charge in [0.2, 0.25) is 0 Å². The summed E-state index contributed by atoms with van der Waals surface area (Å²) in [6.07, 6.45) is 6.36. The van der Waals surface area contributed by atoms with Crippen LogP contribution in [0.5, 0.6) is 0 Å². The van der Waals surface area contributed by atoms with E-state index in [-0.39, 0.29) is 17.9 Å². The van der Waals surface area contributed by atoms with Gasteiger partial charge in [0.25, 0.3) is 5.91 Å². The minimum atomic E-state index is -0.181. The van der Waals surface area contributed by atoms with Crippen molar-refractivity contribution in [3.8, 4) is 0 Å². The number of pyridine rings is 1. The molecule has 0 bridgehead atoms. The summed E-state index contributed by atoms with van der Waals surface area (Å²) < 4.78 is 5.27. The second kappa shape index (κ2) is 6.33. The van der Waals surface area contributed by atoms with E-state index in [9.17, 15) is 4.79 Å². The first kappa shape index (κ1) is 13.5. The lowest BCUT2D eigenvalue weighted by molar-refractivity contribution is -0.145. The molecular formula is C15H20N2O3. The lowest BCUT2D eigenvalue weighted by Gasteiger charge is -2.26. The van der Waals surface area contributed by atoms with Gasteiger partial charge < -0.3 is 4.74 Å². The molecule has 1 aromatic rings. The highest BCUT2D eigenvalue weighted by molar-refractivity contribution is 5.82. The molecule has 1 N–H and O–H groups in total. The Bertz CT molecular complexity index is 472. The Kier molecular flexibility index (Phi) is 4.28. The fourth-order valence-corrected chi connectivity index (χ4v) is 2.87. The second-order valence-electron chi connectivity index (χ2n) is 5.39. The summed E-state index contributed by atoms with van der Waals surface area (Å²) in [4.78, 5) is 22.2. The Morgan fingerprint density at radius 3 is 3.05 bits per heavy atom. The van der Waals surface area contributed by atoms with Crippen molar-refractivity contribution in [1.82, 2.24) is 10.5 Å². The number of carbonyl (C=O) groups excluding carboxylic acids is 1. The number of aromatic nitrogens is 1. The van der Waals surface area contributed by atoms with Gasteiger partial charge in [-0.05, 0) is 43.7 Å². The van der Waals surface area contributed by atoms with Gasteiger partial charge in [-0.25, -0.2) is 5.48 Å². The molecule has 5 nitrogen and oxygen atoms in total. The Balaban J connectivity index is 1.60. The van der Waals surface area contributed by atoms with Crippen LogP contribution in [0.4, 0.5) is 0 Å². The molecule has 0 spiro atoms. The van der Waals surface area contributed by atoms with E-state index in [1.807, 2.05) is 6.07 Å². The van der Waals surface area contributed by atoms with E-state index in [2.05, 4.69) is 16.5 Å². The van der Waals surface area contributed by atoms with Crippen LogP contribution in [-0.4, -0.2) is 30.2 Å². The molecule has 0 saturated carbocycles. The number of hydroxylamine groups is 1. The molecule has 3 rings (SSSR count). The SMILES string of the molecule is O=C(NOC1CCOCC1)C1CCCc2cccnc21. The van der Waals surface area contributed by atoms with Gasteiger partial charge in [-0.15, -0.1) is 0 Å². The Hall–Kier alpha value is -1.46. The van der Waals surface area contributed by atoms with Gasteiger partial charge in [0.05, 0.1) is 17.7 Å². The number of nitrogens with zero attached hydrogens (tertiary/aromatic N) is 1. The molecule has 5 heteroatoms. The molecule has 0 radical (unpaired) electrons. The number of nitrogens with one attached hydrogen (secondary N) is 1. The first-order valence-corrected chi connectivity index (χ1v) is 7.31. The second-order valence-corrected chi connectivity index (χ2v) is 5.39. The van der Waals surface area contributed by atoms with Crippen LogP contribution < -0.4 is 5.48 Å². The van der Waals surface area contributed by atoms with E-state index in [1.165, 1.54) is 5.56 Å². The molecule has 2 aliphatic rings. The largest absolute Gasteiger partial charge is 0.381 e. The average Bonchev–Trinajstić information content (AvgIpc) is 2.53. The van der Waals surface area contributed by atoms with Gasteiger partial charge in [0.15, 0.2) is 0 Å². The third-order valence-corrected chi connectivity index (χ3v) is 4.01. The fraction of sp³-hybridized carbons (Fsp3) is 0.600. The topological polar surface area (TPSA) is 60.5 Å². The van der Waals surface area contributed by atoms with E-state index in [1.54, 1.807) is 6.20 Å². The lowest BCUT2D eigenvalue weighted by atomic mass is 9.86. The third kappa shape index (κ3) is 2.99. The summed E-state index contributed by atoms with van der Waals surface area (Å²) in [5.74, 6) is -0.254. The predicted octanol–water partition coefficient (Wildman–Crippen LogP) is 1.73. The third-order valence-electron chi connectivity index (χ3n) is 4.01. The van der Waals surface area contributed by atoms with Crippen molar-refractivity contribution in [2.75, 3.05) is 13.2 Å². The number of aryl methyl sites for hydroxylation is 1. The van der Waals surface area contributed by atoms with Gasteiger partial charge in [-0.1, -0.05) is 6.07 Å². The van der Waals surface area contributed by atoms with Crippen molar-refractivity contribution in [1.29, 1.82) is 0 Å². The van der Waals surface area contributed by atoms with Crippen LogP contribution in [-0.2, 0) is 20.8 Å². The summed E-state index contributed by atoms with van der Waals surface area (Å²) in [7, 11) is 0. The maximum absolute atomic E-state index is 12.3. The van der Waals surface area contributed by atoms with Crippen molar-refractivity contribution in [3.05, 3.63) is 29.6 Å². The van der Waals surface area contributed by atoms with Crippen LogP contribution in [0.1, 0.15) is 42.9 Å². The maximum atomic E-state index is 12.3. The van der Waals surface area contributed by atoms with Crippen molar-refractivity contribution in [2.45, 2.75) is 44.1 Å². The van der Waals surface area contributed by atoms with Crippen LogP contribution in [0.2, 0.25) is 0 Å². The molecule has 20 heavy (non-hydrogen) atoms. The number of hydrogen-bond acceptors (Lipinski definition) is 4. The highest BCUT2D eigenvalue weighted by Crippen LogP contribution is 2.29. The van der Waals surface area contributed by atoms with E-state index < -0.39 is 0 Å². The monoisotopic (exact) mass is 276 g/mol. The highest BCUT2D eigenvalue weighted by Gasteiger charge is 2.28. The molecule has 1 aliphatic carbocycles. The molecule has 1 aromatic heterocycles. The zero-order chi connectivity index (χ0) is 13.8. The molecule has 1 saturated heterocycles. The Morgan fingerprint density at radius 1 is 1.35 bits per heavy atom. The molecule has 108 valence electrons. The number of carbonyl (C=O) groups is 1. The molecule has 1 aliphatic heterocycles. The smallest absolute Gasteiger partial charge is 0.252 e. The first-order valence-electron chi connectivity index (χ1n) is 7.31. The van der Waals surface area contributed by atoms with E-state index >= 15 is 0 Å². The van der Waals surface area contributed by atoms with Crippen LogP contribution in [0, 0.1) is 0 Å². The Labute approximate surface area is 118 Å². The van der Waals surface area contributed by atoms with E-state index in [0.717, 1.165) is 37.8 Å². The minimum absolute atomic E-state index is 0.0690. The van der Waals surface area contributed by atoms with Crippen molar-refractivity contribution in [2.24, 2.45) is 0 Å². The molecule has 1 fully saturated rings. The van der Waals surface area contributed by atoms with Crippen molar-refractivity contribution in [3.63, 3.8) is 0 Å². The summed E-state index contributed by atoms with van der Waals surface area (Å²) in [5, 5.41) is 0. The Morgan fingerprint density at radius 2 is 2.20 bits per heavy atom. The maximum Gasteiger partial charge on any atom is 0.252 e. The van der Waals surface area contributed by atoms with Gasteiger partial charge in [0.1, 0.15) is 0 Å². The number of amides is 1. The molecule has 1 amide bonds. The van der Waals surface area contributed by atoms with Crippen LogP contribution >= 0.6 is 0 Å². The summed E-state index contributed by atoms with van der Waals surface area (Å²) >= 11 is 0. The highest BCUT2D eigenvalue weighted by atomic mass is 16.7. The molecule has 1 atom stereocenters. The summed E-state index contributed by atoms with van der Waals surface area (Å²) in [6, 6.07) is 3.98. The minimum Gasteiger partial charge on any atom is -0.381 e. The van der Waals surface area contributed by atoms with E-state index in [4.69, 9.17) is 9.57 Å². The average molecular weight is 276 g/mol. The van der Waals surface area contributed by atoms with Crippen molar-refractivity contribution < 1.29 is 14.4 Å². The van der Waals surface area contributed by atoms with Gasteiger partial charge in [0, 0.05) is 19.4 Å². The van der Waals surface area contributed by atoms with Crippen molar-refractivity contribution >= 4 is 5.91 Å². The summed E-state index contributed by atoms with van der Waals surface area (Å²) in [6.45, 7) is 1.41. The lowest BCUT2D eigenvalue weighted by Crippen LogP contribution is -2.37. The zero-order valence-corrected chi connectivity index (χ0v) is 11.5. The molecule has 1 unspecified atom stereocenters. The molecule has 0 aromatic carbocycles. The predicted molar refractivity (Wildman–Crippen MR) is 73.0 cm³/mol. The number of fused-ring (bicyclic) bond motifs is 1. The van der Waals surface area contributed by atoms with Crippen LogP contribution in [0.3, 0.4) is 0 Å². The standard InChI is InChI=1S/C15H20N2O3/c18-15(17-20-12-6-9-19-10-7-12)13-5-1-3-11-4-2-8-16-14(11)13/h2,4,8,12-13H,1,3,5-7,9-10H2,(H,17,18). The van der Waals surface area contributed by atoms with Gasteiger partial charge in [-0.3, -0.25) is 14.6 Å². The fourth-order valence-electron chi connectivity index (χ4n) is 2.87. The molecule has 2 heterocycles. The van der Waals surface area contributed by atoms with Crippen LogP contribution in [0.25, 0.3) is 0 Å². The number of hydrogen-bond donors (Lipinski definition) is 1. The quantitative estimate of drug-likeness (QED) is 0.854. The van der Waals surface area contributed by atoms with Gasteiger partial charge >= 0.3 is 0 Å². The van der Waals surface area contributed by atoms with Gasteiger partial charge in [-0.2, -0.15) is 0 Å².